The van der Waals surface area contributed by atoms with Crippen LogP contribution in [-0.4, -0.2) is 138 Å². The van der Waals surface area contributed by atoms with E-state index in [0.29, 0.717) is 109 Å². The van der Waals surface area contributed by atoms with Crippen LogP contribution >= 0.6 is 0 Å². The fourth-order valence-electron chi connectivity index (χ4n) is 13.9. The fourth-order valence-corrected chi connectivity index (χ4v) is 13.9. The molecule has 13 rings (SSSR count). The first kappa shape index (κ1) is 56.9. The highest BCUT2D eigenvalue weighted by molar-refractivity contribution is 6.06. The molecule has 4 aromatic heterocycles. The number of H-pyrrole nitrogens is 1. The van der Waals surface area contributed by atoms with Gasteiger partial charge in [0.05, 0.1) is 30.6 Å². The lowest BCUT2D eigenvalue weighted by molar-refractivity contribution is -0.142. The van der Waals surface area contributed by atoms with Crippen molar-refractivity contribution in [3.8, 4) is 45.3 Å². The molecule has 8 aromatic rings. The topological polar surface area (TPSA) is 203 Å². The van der Waals surface area contributed by atoms with Crippen LogP contribution in [-0.2, 0) is 34.0 Å². The second-order valence-electron chi connectivity index (χ2n) is 24.5. The summed E-state index contributed by atoms with van der Waals surface area (Å²) in [6.45, 7) is 16.8. The average molecular weight is 1170 g/mol. The molecule has 2 bridgehead atoms. The Hall–Kier alpha value is -8.23. The molecular formula is C66H76FN13O6. The van der Waals surface area contributed by atoms with Crippen molar-refractivity contribution in [1.82, 2.24) is 54.8 Å². The van der Waals surface area contributed by atoms with Crippen molar-refractivity contribution < 1.29 is 33.0 Å². The molecule has 5 fully saturated rings. The summed E-state index contributed by atoms with van der Waals surface area (Å²) in [7, 11) is 1.82. The number of benzene rings is 4. The molecule has 0 spiro atoms. The largest absolute Gasteiger partial charge is 0.486 e. The number of ether oxygens (including phenoxy) is 3. The molecule has 2 amide bonds. The van der Waals surface area contributed by atoms with Crippen LogP contribution in [0, 0.1) is 18.7 Å². The van der Waals surface area contributed by atoms with Crippen LogP contribution in [0.5, 0.6) is 11.8 Å². The lowest BCUT2D eigenvalue weighted by Crippen LogP contribution is -2.49. The number of likely N-dealkylation sites (tertiary alicyclic amines) is 2. The summed E-state index contributed by atoms with van der Waals surface area (Å²) < 4.78 is 39.6. The summed E-state index contributed by atoms with van der Waals surface area (Å²) in [5.41, 5.74) is 10.1. The smallest absolute Gasteiger partial charge is 0.319 e. The van der Waals surface area contributed by atoms with Crippen LogP contribution in [0.15, 0.2) is 79.3 Å². The Balaban J connectivity index is 0.820. The molecule has 20 heteroatoms. The van der Waals surface area contributed by atoms with Crippen molar-refractivity contribution in [2.45, 2.75) is 148 Å². The van der Waals surface area contributed by atoms with Crippen molar-refractivity contribution >= 4 is 51.4 Å². The summed E-state index contributed by atoms with van der Waals surface area (Å²) in [5.74, 6) is 0.499. The molecule has 4 saturated heterocycles. The van der Waals surface area contributed by atoms with Crippen LogP contribution in [0.3, 0.4) is 0 Å². The maximum Gasteiger partial charge on any atom is 0.319 e. The minimum absolute atomic E-state index is 0.0914. The minimum Gasteiger partial charge on any atom is -0.486 e. The molecule has 3 N–H and O–H groups in total. The molecule has 4 aromatic carbocycles. The predicted octanol–water partition coefficient (Wildman–Crippen LogP) is 10.4. The Morgan fingerprint density at radius 2 is 1.72 bits per heavy atom. The average Bonchev–Trinajstić information content (AvgIpc) is 1.39. The molecule has 8 heterocycles. The van der Waals surface area contributed by atoms with Gasteiger partial charge in [0.2, 0.25) is 11.8 Å². The molecular weight excluding hydrogens is 1090 g/mol. The lowest BCUT2D eigenvalue weighted by Gasteiger charge is -2.37. The lowest BCUT2D eigenvalue weighted by atomic mass is 9.88. The van der Waals surface area contributed by atoms with Gasteiger partial charge >= 0.3 is 6.01 Å². The second kappa shape index (κ2) is 23.6. The Kier molecular flexibility index (Phi) is 15.6. The molecule has 1 aliphatic carbocycles. The molecule has 0 radical (unpaired) electrons. The normalized spacial score (nSPS) is 19.4. The van der Waals surface area contributed by atoms with Crippen molar-refractivity contribution in [1.29, 1.82) is 0 Å². The van der Waals surface area contributed by atoms with Crippen LogP contribution in [0.25, 0.3) is 55.3 Å². The molecule has 4 atom stereocenters. The number of rotatable bonds is 20. The predicted molar refractivity (Wildman–Crippen MR) is 328 cm³/mol. The van der Waals surface area contributed by atoms with Crippen LogP contribution in [0.2, 0.25) is 0 Å². The highest BCUT2D eigenvalue weighted by atomic mass is 19.1. The third-order valence-electron chi connectivity index (χ3n) is 18.4. The zero-order valence-electron chi connectivity index (χ0n) is 50.1. The summed E-state index contributed by atoms with van der Waals surface area (Å²) in [5, 5.41) is 24.7. The number of hydrogen-bond donors (Lipinski definition) is 3. The number of aromatic nitrogens is 8. The Labute approximate surface area is 500 Å². The van der Waals surface area contributed by atoms with E-state index in [9.17, 15) is 14.4 Å². The molecule has 5 aliphatic rings. The monoisotopic (exact) mass is 1170 g/mol. The fraction of sp³-hybridized carbons (Fsp3) is 0.455. The number of amides is 2. The maximum atomic E-state index is 16.3. The van der Waals surface area contributed by atoms with E-state index in [1.165, 1.54) is 6.07 Å². The second-order valence-corrected chi connectivity index (χ2v) is 24.5. The maximum absolute atomic E-state index is 16.3. The van der Waals surface area contributed by atoms with Gasteiger partial charge in [0, 0.05) is 122 Å². The van der Waals surface area contributed by atoms with E-state index in [-0.39, 0.29) is 59.9 Å². The molecule has 86 heavy (non-hydrogen) atoms. The van der Waals surface area contributed by atoms with Gasteiger partial charge in [-0.25, -0.2) is 4.39 Å². The van der Waals surface area contributed by atoms with Gasteiger partial charge < -0.3 is 34.6 Å². The summed E-state index contributed by atoms with van der Waals surface area (Å²) in [6, 6.07) is 19.6. The number of piperazine rings is 1. The highest BCUT2D eigenvalue weighted by Crippen LogP contribution is 2.54. The molecule has 4 aliphatic heterocycles. The SMILES string of the molecule is CCn1nccc1-c1ccc(CNC(=O)C2CCCN2C(=O)C(C(C)C)n2cc(-c3ccc(COc4c(-c5c(C)c(F)cc6[nH]ncc56)c(C5CC5)cc5c(N6CC7CC6CN7C(C)C)nc(OC6CCOCC6)nc45)cc3NC)c(C=O)n2)cc1. The Bertz CT molecular complexity index is 3860. The first-order chi connectivity index (χ1) is 41.8. The van der Waals surface area contributed by atoms with Gasteiger partial charge in [-0.1, -0.05) is 50.2 Å². The molecule has 448 valence electrons. The molecule has 19 nitrogen and oxygen atoms in total. The number of halogens is 1. The number of carbonyl (C=O) groups excluding carboxylic acids is 3. The van der Waals surface area contributed by atoms with Crippen molar-refractivity contribution in [2.75, 3.05) is 50.1 Å². The van der Waals surface area contributed by atoms with E-state index >= 15 is 4.39 Å². The van der Waals surface area contributed by atoms with Gasteiger partial charge in [0.1, 0.15) is 47.6 Å². The van der Waals surface area contributed by atoms with Gasteiger partial charge in [-0.3, -0.25) is 33.7 Å². The molecule has 4 unspecified atom stereocenters. The zero-order valence-corrected chi connectivity index (χ0v) is 50.1. The first-order valence-electron chi connectivity index (χ1n) is 30.7. The number of carbonyl (C=O) groups is 3. The number of aromatic amines is 1. The first-order valence-corrected chi connectivity index (χ1v) is 30.7. The Morgan fingerprint density at radius 3 is 2.44 bits per heavy atom. The number of nitrogens with zero attached hydrogens (tertiary/aromatic N) is 10. The highest BCUT2D eigenvalue weighted by Gasteiger charge is 2.46. The van der Waals surface area contributed by atoms with Crippen molar-refractivity contribution in [2.24, 2.45) is 5.92 Å². The van der Waals surface area contributed by atoms with Crippen molar-refractivity contribution in [3.63, 3.8) is 0 Å². The van der Waals surface area contributed by atoms with Crippen LogP contribution in [0.1, 0.15) is 124 Å². The third-order valence-corrected chi connectivity index (χ3v) is 18.4. The zero-order chi connectivity index (χ0) is 59.5. The number of aldehydes is 1. The van der Waals surface area contributed by atoms with Gasteiger partial charge in [-0.2, -0.15) is 25.3 Å². The van der Waals surface area contributed by atoms with E-state index in [1.54, 1.807) is 28.2 Å². The van der Waals surface area contributed by atoms with E-state index in [4.69, 9.17) is 29.3 Å². The number of fused-ring (bicyclic) bond motifs is 4. The van der Waals surface area contributed by atoms with E-state index in [2.05, 4.69) is 62.6 Å². The summed E-state index contributed by atoms with van der Waals surface area (Å²) in [6.07, 6.45) is 11.5. The van der Waals surface area contributed by atoms with Gasteiger partial charge in [0.25, 0.3) is 0 Å². The Morgan fingerprint density at radius 1 is 0.919 bits per heavy atom. The third kappa shape index (κ3) is 10.6. The van der Waals surface area contributed by atoms with Gasteiger partial charge in [0.15, 0.2) is 12.0 Å². The standard InChI is InChI=1S/C66H76FN13O6/c1-8-79-56(19-22-71-79)43-14-11-40(12-15-43)30-69-64(82)57-10-9-23-76(57)65(83)61(37(2)3)80-34-51(55(35-81)75-80)47-18-13-41(26-53(47)68-7)36-85-62-59(58-39(6)52(67)29-54-50(58)31-70-74-54)48(42-16-17-42)28-49-60(62)72-66(86-46-20-24-84-25-21-46)73-63(49)78-33-44-27-45(78)32-77(44)38(4)5/h11-15,18-19,22,26,28-29,31,34-35,37-38,42,44-46,57,61,68H,8-10,16-17,20-21,23-25,27,30,32-33,36H2,1-7H3,(H,69,82)(H,70,74). The van der Waals surface area contributed by atoms with E-state index in [1.807, 2.05) is 81.0 Å². The quantitative estimate of drug-likeness (QED) is 0.0608. The number of nitrogens with one attached hydrogen (secondary N) is 3. The van der Waals surface area contributed by atoms with Gasteiger partial charge in [-0.15, -0.1) is 0 Å². The summed E-state index contributed by atoms with van der Waals surface area (Å²) >= 11 is 0. The minimum atomic E-state index is -0.798. The van der Waals surface area contributed by atoms with Crippen molar-refractivity contribution in [3.05, 3.63) is 113 Å². The van der Waals surface area contributed by atoms with Crippen LogP contribution < -0.4 is 25.0 Å². The van der Waals surface area contributed by atoms with E-state index < -0.39 is 12.1 Å². The van der Waals surface area contributed by atoms with Crippen LogP contribution in [0.4, 0.5) is 15.9 Å². The number of anilines is 2. The van der Waals surface area contributed by atoms with E-state index in [0.717, 1.165) is 95.3 Å². The number of hydrogen-bond acceptors (Lipinski definition) is 14. The summed E-state index contributed by atoms with van der Waals surface area (Å²) in [4.78, 5) is 59.1. The number of aryl methyl sites for hydroxylation is 1. The van der Waals surface area contributed by atoms with Gasteiger partial charge in [-0.05, 0) is 124 Å². The molecule has 1 saturated carbocycles.